The number of amides is 1. The van der Waals surface area contributed by atoms with Crippen molar-refractivity contribution in [1.29, 1.82) is 0 Å². The van der Waals surface area contributed by atoms with E-state index in [1.807, 2.05) is 18.2 Å². The van der Waals surface area contributed by atoms with Gasteiger partial charge in [-0.05, 0) is 37.3 Å². The van der Waals surface area contributed by atoms with Crippen molar-refractivity contribution in [2.24, 2.45) is 0 Å². The molecule has 0 bridgehead atoms. The number of para-hydroxylation sites is 1. The number of rotatable bonds is 5. The van der Waals surface area contributed by atoms with Gasteiger partial charge in [-0.2, -0.15) is 0 Å². The van der Waals surface area contributed by atoms with Crippen LogP contribution in [0.5, 0.6) is 5.75 Å². The zero-order chi connectivity index (χ0) is 16.2. The van der Waals surface area contributed by atoms with Gasteiger partial charge in [0.25, 0.3) is 0 Å². The highest BCUT2D eigenvalue weighted by Crippen LogP contribution is 2.34. The van der Waals surface area contributed by atoms with Crippen molar-refractivity contribution in [2.75, 3.05) is 20.2 Å². The summed E-state index contributed by atoms with van der Waals surface area (Å²) in [5.74, 6) is -1.71. The lowest BCUT2D eigenvalue weighted by molar-refractivity contribution is -0.134. The number of piperidine rings is 1. The summed E-state index contributed by atoms with van der Waals surface area (Å²) >= 11 is 0. The second-order valence-corrected chi connectivity index (χ2v) is 5.97. The third kappa shape index (κ3) is 4.42. The molecular weight excluding hydrogens is 288 g/mol. The number of halogens is 2. The topological polar surface area (TPSA) is 29.5 Å². The Morgan fingerprint density at radius 3 is 2.55 bits per heavy atom. The number of carbonyl (C=O) groups is 1. The molecule has 1 fully saturated rings. The molecular formula is C17H23F2NO2. The summed E-state index contributed by atoms with van der Waals surface area (Å²) in [5, 5.41) is 0. The zero-order valence-corrected chi connectivity index (χ0v) is 13.1. The van der Waals surface area contributed by atoms with Crippen LogP contribution in [0.1, 0.15) is 44.1 Å². The molecule has 0 aromatic heterocycles. The number of nitrogens with zero attached hydrogens (tertiary/aromatic N) is 1. The predicted octanol–water partition coefficient (Wildman–Crippen LogP) is 3.84. The first kappa shape index (κ1) is 16.7. The summed E-state index contributed by atoms with van der Waals surface area (Å²) < 4.78 is 31.0. The lowest BCUT2D eigenvalue weighted by Crippen LogP contribution is -2.38. The first-order valence-electron chi connectivity index (χ1n) is 7.69. The van der Waals surface area contributed by atoms with E-state index in [0.29, 0.717) is 19.0 Å². The van der Waals surface area contributed by atoms with Crippen molar-refractivity contribution >= 4 is 5.91 Å². The summed E-state index contributed by atoms with van der Waals surface area (Å²) in [5.41, 5.74) is 1.16. The summed E-state index contributed by atoms with van der Waals surface area (Å²) in [6.07, 6.45) is 1.23. The van der Waals surface area contributed by atoms with Gasteiger partial charge in [-0.3, -0.25) is 4.79 Å². The molecule has 0 N–H and O–H groups in total. The van der Waals surface area contributed by atoms with Gasteiger partial charge in [-0.15, -0.1) is 0 Å². The Morgan fingerprint density at radius 2 is 1.95 bits per heavy atom. The van der Waals surface area contributed by atoms with Gasteiger partial charge in [0.05, 0.1) is 7.11 Å². The average molecular weight is 311 g/mol. The molecule has 1 aromatic rings. The second-order valence-electron chi connectivity index (χ2n) is 5.97. The van der Waals surface area contributed by atoms with E-state index in [1.54, 1.807) is 12.0 Å². The van der Waals surface area contributed by atoms with Crippen molar-refractivity contribution in [3.05, 3.63) is 29.8 Å². The molecule has 1 heterocycles. The summed E-state index contributed by atoms with van der Waals surface area (Å²) in [6, 6.07) is 7.92. The molecule has 5 heteroatoms. The normalized spacial score (nSPS) is 16.6. The number of alkyl halides is 2. The molecule has 122 valence electrons. The van der Waals surface area contributed by atoms with Gasteiger partial charge in [0.2, 0.25) is 11.8 Å². The highest BCUT2D eigenvalue weighted by Gasteiger charge is 2.28. The minimum Gasteiger partial charge on any atom is -0.496 e. The first-order valence-corrected chi connectivity index (χ1v) is 7.69. The molecule has 0 spiro atoms. The lowest BCUT2D eigenvalue weighted by Gasteiger charge is -2.33. The fourth-order valence-electron chi connectivity index (χ4n) is 2.93. The van der Waals surface area contributed by atoms with E-state index < -0.39 is 5.92 Å². The summed E-state index contributed by atoms with van der Waals surface area (Å²) in [4.78, 5) is 13.7. The monoisotopic (exact) mass is 311 g/mol. The average Bonchev–Trinajstić information content (AvgIpc) is 2.52. The second kappa shape index (κ2) is 7.07. The van der Waals surface area contributed by atoms with Crippen LogP contribution >= 0.6 is 0 Å². The van der Waals surface area contributed by atoms with E-state index in [0.717, 1.165) is 31.1 Å². The van der Waals surface area contributed by atoms with Gasteiger partial charge in [0.15, 0.2) is 0 Å². The van der Waals surface area contributed by atoms with Crippen LogP contribution in [0, 0.1) is 0 Å². The predicted molar refractivity (Wildman–Crippen MR) is 81.4 cm³/mol. The maximum absolute atomic E-state index is 12.8. The van der Waals surface area contributed by atoms with Gasteiger partial charge in [0, 0.05) is 25.9 Å². The molecule has 1 aliphatic rings. The van der Waals surface area contributed by atoms with Crippen molar-refractivity contribution in [3.63, 3.8) is 0 Å². The van der Waals surface area contributed by atoms with Crippen molar-refractivity contribution in [1.82, 2.24) is 4.90 Å². The molecule has 0 unspecified atom stereocenters. The molecule has 3 nitrogen and oxygen atoms in total. The highest BCUT2D eigenvalue weighted by atomic mass is 19.3. The van der Waals surface area contributed by atoms with Crippen LogP contribution in [-0.2, 0) is 4.79 Å². The molecule has 1 aliphatic heterocycles. The molecule has 0 aliphatic carbocycles. The maximum Gasteiger partial charge on any atom is 0.245 e. The number of methoxy groups -OCH3 is 1. The van der Waals surface area contributed by atoms with E-state index >= 15 is 0 Å². The fourth-order valence-corrected chi connectivity index (χ4v) is 2.93. The number of carbonyl (C=O) groups excluding carboxylic acids is 1. The van der Waals surface area contributed by atoms with E-state index in [2.05, 4.69) is 6.07 Å². The maximum atomic E-state index is 12.8. The van der Waals surface area contributed by atoms with Crippen molar-refractivity contribution in [2.45, 2.75) is 44.4 Å². The van der Waals surface area contributed by atoms with Crippen molar-refractivity contribution in [3.8, 4) is 5.75 Å². The molecule has 22 heavy (non-hydrogen) atoms. The fraction of sp³-hybridized carbons (Fsp3) is 0.588. The van der Waals surface area contributed by atoms with Crippen LogP contribution < -0.4 is 4.74 Å². The molecule has 2 rings (SSSR count). The number of hydrogen-bond donors (Lipinski definition) is 0. The molecule has 1 amide bonds. The lowest BCUT2D eigenvalue weighted by atomic mass is 9.88. The molecule has 0 saturated carbocycles. The van der Waals surface area contributed by atoms with Gasteiger partial charge >= 0.3 is 0 Å². The van der Waals surface area contributed by atoms with Gasteiger partial charge in [-0.1, -0.05) is 18.2 Å². The van der Waals surface area contributed by atoms with Crippen LogP contribution in [0.3, 0.4) is 0 Å². The van der Waals surface area contributed by atoms with Gasteiger partial charge < -0.3 is 9.64 Å². The van der Waals surface area contributed by atoms with E-state index in [9.17, 15) is 13.6 Å². The van der Waals surface area contributed by atoms with Crippen LogP contribution in [0.4, 0.5) is 8.78 Å². The number of likely N-dealkylation sites (tertiary alicyclic amines) is 1. The number of benzene rings is 1. The van der Waals surface area contributed by atoms with Crippen LogP contribution in [0.25, 0.3) is 0 Å². The Balaban J connectivity index is 1.89. The quantitative estimate of drug-likeness (QED) is 0.827. The van der Waals surface area contributed by atoms with Crippen molar-refractivity contribution < 1.29 is 18.3 Å². The largest absolute Gasteiger partial charge is 0.496 e. The molecule has 1 aromatic carbocycles. The highest BCUT2D eigenvalue weighted by molar-refractivity contribution is 5.76. The Bertz CT molecular complexity index is 506. The summed E-state index contributed by atoms with van der Waals surface area (Å²) in [6.45, 7) is 2.10. The Kier molecular flexibility index (Phi) is 5.37. The first-order chi connectivity index (χ1) is 10.4. The van der Waals surface area contributed by atoms with Crippen LogP contribution in [0.2, 0.25) is 0 Å². The SMILES string of the molecule is COc1ccccc1C1CCN(C(=O)CCC(C)(F)F)CC1. The number of hydrogen-bond acceptors (Lipinski definition) is 2. The third-order valence-electron chi connectivity index (χ3n) is 4.20. The molecule has 0 atom stereocenters. The summed E-state index contributed by atoms with van der Waals surface area (Å²) in [7, 11) is 1.66. The van der Waals surface area contributed by atoms with Crippen LogP contribution in [-0.4, -0.2) is 36.9 Å². The Labute approximate surface area is 130 Å². The van der Waals surface area contributed by atoms with E-state index in [1.165, 1.54) is 0 Å². The Morgan fingerprint density at radius 1 is 1.32 bits per heavy atom. The zero-order valence-electron chi connectivity index (χ0n) is 13.1. The minimum absolute atomic E-state index is 0.0805. The third-order valence-corrected chi connectivity index (χ3v) is 4.20. The number of ether oxygens (including phenoxy) is 1. The van der Waals surface area contributed by atoms with Crippen LogP contribution in [0.15, 0.2) is 24.3 Å². The minimum atomic E-state index is -2.77. The standard InChI is InChI=1S/C17H23F2NO2/c1-17(18,19)10-7-16(21)20-11-8-13(9-12-20)14-5-3-4-6-15(14)22-2/h3-6,13H,7-12H2,1-2H3. The van der Waals surface area contributed by atoms with E-state index in [-0.39, 0.29) is 18.7 Å². The molecule has 1 saturated heterocycles. The molecule has 0 radical (unpaired) electrons. The van der Waals surface area contributed by atoms with Gasteiger partial charge in [0.1, 0.15) is 5.75 Å². The van der Waals surface area contributed by atoms with E-state index in [4.69, 9.17) is 4.74 Å². The smallest absolute Gasteiger partial charge is 0.245 e. The Hall–Kier alpha value is -1.65. The van der Waals surface area contributed by atoms with Gasteiger partial charge in [-0.25, -0.2) is 8.78 Å².